The van der Waals surface area contributed by atoms with Gasteiger partial charge in [0.05, 0.1) is 17.7 Å². The van der Waals surface area contributed by atoms with Crippen LogP contribution in [0.25, 0.3) is 44.1 Å². The smallest absolute Gasteiger partial charge is 0.411 e. The number of aromatic nitrogens is 4. The summed E-state index contributed by atoms with van der Waals surface area (Å²) in [6.45, 7) is 5.99. The molecule has 2 heterocycles. The van der Waals surface area contributed by atoms with Crippen molar-refractivity contribution in [2.24, 2.45) is 0 Å². The van der Waals surface area contributed by atoms with Gasteiger partial charge < -0.3 is 20.0 Å². The Balaban J connectivity index is 1.26. The summed E-state index contributed by atoms with van der Waals surface area (Å²) in [6.07, 6.45) is 9.41. The van der Waals surface area contributed by atoms with Crippen LogP contribution in [0.3, 0.4) is 0 Å². The lowest BCUT2D eigenvalue weighted by Gasteiger charge is -2.14. The van der Waals surface area contributed by atoms with Gasteiger partial charge in [0.25, 0.3) is 0 Å². The van der Waals surface area contributed by atoms with Crippen LogP contribution in [0, 0.1) is 0 Å². The maximum Gasteiger partial charge on any atom is 0.411 e. The van der Waals surface area contributed by atoms with Crippen molar-refractivity contribution in [3.8, 4) is 11.4 Å². The molecule has 0 saturated carbocycles. The van der Waals surface area contributed by atoms with Crippen LogP contribution in [0.5, 0.6) is 0 Å². The summed E-state index contributed by atoms with van der Waals surface area (Å²) in [5.74, 6) is 0.668. The molecular weight excluding hydrogens is 649 g/mol. The molecule has 0 radical (unpaired) electrons. The van der Waals surface area contributed by atoms with Crippen LogP contribution >= 0.6 is 0 Å². The van der Waals surface area contributed by atoms with Crippen molar-refractivity contribution >= 4 is 56.1 Å². The van der Waals surface area contributed by atoms with E-state index in [0.29, 0.717) is 17.9 Å². The van der Waals surface area contributed by atoms with Crippen molar-refractivity contribution in [2.45, 2.75) is 33.8 Å². The maximum absolute atomic E-state index is 12.8. The number of nitrogens with one attached hydrogen (secondary N) is 4. The number of benzene rings is 5. The van der Waals surface area contributed by atoms with Crippen LogP contribution in [0.2, 0.25) is 0 Å². The van der Waals surface area contributed by atoms with E-state index in [2.05, 4.69) is 55.9 Å². The topological polar surface area (TPSA) is 125 Å². The van der Waals surface area contributed by atoms with Gasteiger partial charge in [0.1, 0.15) is 12.4 Å². The summed E-state index contributed by atoms with van der Waals surface area (Å²) in [5.41, 5.74) is 8.64. The Morgan fingerprint density at radius 1 is 0.750 bits per heavy atom. The summed E-state index contributed by atoms with van der Waals surface area (Å²) in [5, 5.41) is 9.82. The van der Waals surface area contributed by atoms with Gasteiger partial charge >= 0.3 is 6.09 Å². The monoisotopic (exact) mass is 686 g/mol. The van der Waals surface area contributed by atoms with E-state index >= 15 is 0 Å². The highest BCUT2D eigenvalue weighted by atomic mass is 16.5. The summed E-state index contributed by atoms with van der Waals surface area (Å²) in [7, 11) is 0. The molecule has 0 spiro atoms. The zero-order chi connectivity index (χ0) is 36.0. The summed E-state index contributed by atoms with van der Waals surface area (Å²) >= 11 is 0. The lowest BCUT2D eigenvalue weighted by molar-refractivity contribution is -0.115. The van der Waals surface area contributed by atoms with Crippen molar-refractivity contribution in [3.05, 3.63) is 156 Å². The molecule has 4 N–H and O–H groups in total. The van der Waals surface area contributed by atoms with E-state index in [1.165, 1.54) is 0 Å². The van der Waals surface area contributed by atoms with Gasteiger partial charge in [-0.3, -0.25) is 10.1 Å². The molecule has 2 aromatic heterocycles. The maximum atomic E-state index is 12.8. The minimum atomic E-state index is -0.540. The number of allylic oxidation sites excluding steroid dienone is 2. The number of carbonyl (C=O) groups is 2. The zero-order valence-corrected chi connectivity index (χ0v) is 29.2. The first-order chi connectivity index (χ1) is 25.4. The average molecular weight is 687 g/mol. The number of imidazole rings is 2. The second kappa shape index (κ2) is 15.0. The molecule has 0 aliphatic carbocycles. The Kier molecular flexibility index (Phi) is 9.75. The van der Waals surface area contributed by atoms with Crippen LogP contribution < -0.4 is 10.6 Å². The molecular formula is C43H38N6O3. The fourth-order valence-electron chi connectivity index (χ4n) is 6.47. The van der Waals surface area contributed by atoms with Crippen LogP contribution in [0.4, 0.5) is 16.2 Å². The molecule has 9 heteroatoms. The van der Waals surface area contributed by atoms with Gasteiger partial charge in [0, 0.05) is 46.9 Å². The van der Waals surface area contributed by atoms with Gasteiger partial charge in [-0.2, -0.15) is 0 Å². The number of rotatable bonds is 10. The summed E-state index contributed by atoms with van der Waals surface area (Å²) < 4.78 is 5.51. The highest BCUT2D eigenvalue weighted by molar-refractivity contribution is 6.06. The SMILES string of the molecule is C/C=C(\c1c[nH]c(-c2ccc(/C(=C/C)c3c[nH]cn3)c3cc(NC(=O)OCc4ccccc4)ccc23)n1)c1cccc2ccc(NC(=O)CC)cc12. The number of H-pyrrole nitrogens is 2. The number of fused-ring (bicyclic) bond motifs is 2. The second-order valence-electron chi connectivity index (χ2n) is 12.2. The molecule has 7 rings (SSSR count). The highest BCUT2D eigenvalue weighted by Crippen LogP contribution is 2.37. The molecule has 0 bridgehead atoms. The fourth-order valence-corrected chi connectivity index (χ4v) is 6.47. The number of nitrogens with zero attached hydrogens (tertiary/aromatic N) is 2. The van der Waals surface area contributed by atoms with E-state index in [1.54, 1.807) is 6.33 Å². The number of aromatic amines is 2. The Bertz CT molecular complexity index is 2460. The summed E-state index contributed by atoms with van der Waals surface area (Å²) in [6, 6.07) is 31.7. The van der Waals surface area contributed by atoms with Crippen molar-refractivity contribution in [1.82, 2.24) is 19.9 Å². The average Bonchev–Trinajstić information content (AvgIpc) is 3.89. The number of hydrogen-bond donors (Lipinski definition) is 4. The molecule has 0 unspecified atom stereocenters. The number of ether oxygens (including phenoxy) is 1. The molecule has 7 aromatic rings. The molecule has 0 fully saturated rings. The van der Waals surface area contributed by atoms with Crippen LogP contribution in [0.1, 0.15) is 55.3 Å². The Labute approximate surface area is 301 Å². The van der Waals surface area contributed by atoms with Gasteiger partial charge in [-0.1, -0.05) is 85.8 Å². The number of anilines is 2. The lowest BCUT2D eigenvalue weighted by Crippen LogP contribution is -2.13. The number of amides is 2. The second-order valence-corrected chi connectivity index (χ2v) is 12.2. The first-order valence-electron chi connectivity index (χ1n) is 17.2. The van der Waals surface area contributed by atoms with Gasteiger partial charge in [-0.15, -0.1) is 0 Å². The minimum Gasteiger partial charge on any atom is -0.444 e. The van der Waals surface area contributed by atoms with Gasteiger partial charge in [0.15, 0.2) is 0 Å². The number of hydrogen-bond acceptors (Lipinski definition) is 5. The van der Waals surface area contributed by atoms with Crippen LogP contribution in [-0.2, 0) is 16.1 Å². The first-order valence-corrected chi connectivity index (χ1v) is 17.2. The van der Waals surface area contributed by atoms with Crippen LogP contribution in [0.15, 0.2) is 128 Å². The predicted octanol–water partition coefficient (Wildman–Crippen LogP) is 10.1. The van der Waals surface area contributed by atoms with E-state index < -0.39 is 6.09 Å². The third-order valence-electron chi connectivity index (χ3n) is 9.00. The minimum absolute atomic E-state index is 0.0323. The van der Waals surface area contributed by atoms with E-state index in [-0.39, 0.29) is 12.5 Å². The molecule has 0 aliphatic heterocycles. The molecule has 0 atom stereocenters. The molecule has 5 aromatic carbocycles. The van der Waals surface area contributed by atoms with Gasteiger partial charge in [-0.25, -0.2) is 14.8 Å². The van der Waals surface area contributed by atoms with E-state index in [1.807, 2.05) is 112 Å². The first kappa shape index (κ1) is 33.7. The van der Waals surface area contributed by atoms with E-state index in [4.69, 9.17) is 9.72 Å². The Morgan fingerprint density at radius 2 is 1.50 bits per heavy atom. The molecule has 9 nitrogen and oxygen atoms in total. The largest absolute Gasteiger partial charge is 0.444 e. The van der Waals surface area contributed by atoms with Crippen molar-refractivity contribution in [1.29, 1.82) is 0 Å². The molecule has 0 aliphatic rings. The third-order valence-corrected chi connectivity index (χ3v) is 9.00. The standard InChI is InChI=1S/C43H38N6O3/c1-4-31(39-23-44-26-46-39)34-19-20-36(35-18-17-30(22-38(34)35)48-43(51)52-25-27-11-8-7-9-12-27)42-45-24-40(49-42)32(5-2)33-14-10-13-28-15-16-29(21-37(28)33)47-41(50)6-3/h4-5,7-24,26H,6,25H2,1-3H3,(H,44,46)(H,45,49)(H,47,50)(H,48,51)/b31-4-,32-5-. The molecule has 0 saturated heterocycles. The van der Waals surface area contributed by atoms with Gasteiger partial charge in [-0.05, 0) is 82.4 Å². The van der Waals surface area contributed by atoms with Crippen molar-refractivity contribution < 1.29 is 14.3 Å². The molecule has 2 amide bonds. The summed E-state index contributed by atoms with van der Waals surface area (Å²) in [4.78, 5) is 41.1. The van der Waals surface area contributed by atoms with Crippen molar-refractivity contribution in [2.75, 3.05) is 10.6 Å². The van der Waals surface area contributed by atoms with Crippen molar-refractivity contribution in [3.63, 3.8) is 0 Å². The molecule has 52 heavy (non-hydrogen) atoms. The Hall–Kier alpha value is -6.74. The fraction of sp³-hybridized carbons (Fsp3) is 0.116. The third kappa shape index (κ3) is 6.97. The predicted molar refractivity (Wildman–Crippen MR) is 209 cm³/mol. The Morgan fingerprint density at radius 3 is 2.27 bits per heavy atom. The lowest BCUT2D eigenvalue weighted by atomic mass is 9.92. The van der Waals surface area contributed by atoms with E-state index in [9.17, 15) is 9.59 Å². The highest BCUT2D eigenvalue weighted by Gasteiger charge is 2.18. The van der Waals surface area contributed by atoms with Crippen LogP contribution in [-0.4, -0.2) is 31.9 Å². The van der Waals surface area contributed by atoms with Gasteiger partial charge in [0.2, 0.25) is 5.91 Å². The molecule has 258 valence electrons. The normalized spacial score (nSPS) is 11.9. The quantitative estimate of drug-likeness (QED) is 0.114. The zero-order valence-electron chi connectivity index (χ0n) is 29.2. The van der Waals surface area contributed by atoms with E-state index in [0.717, 1.165) is 72.0 Å². The number of carbonyl (C=O) groups excluding carboxylic acids is 2.